The number of nitrogens with one attached hydrogen (secondary N) is 2. The van der Waals surface area contributed by atoms with Gasteiger partial charge in [-0.3, -0.25) is 14.2 Å². The Hall–Kier alpha value is -3.13. The van der Waals surface area contributed by atoms with Crippen LogP contribution in [0.2, 0.25) is 0 Å². The van der Waals surface area contributed by atoms with Crippen molar-refractivity contribution in [2.24, 2.45) is 0 Å². The SMILES string of the molecule is O=C(CCn1c(=S)[nH]c2cc3c(cc2c1=O)OCO3)NCc1ccccc1. The Labute approximate surface area is 159 Å². The van der Waals surface area contributed by atoms with E-state index in [1.165, 1.54) is 4.57 Å². The van der Waals surface area contributed by atoms with E-state index in [2.05, 4.69) is 10.3 Å². The number of rotatable bonds is 5. The first-order chi connectivity index (χ1) is 13.1. The van der Waals surface area contributed by atoms with Gasteiger partial charge in [0, 0.05) is 25.6 Å². The smallest absolute Gasteiger partial charge is 0.262 e. The zero-order valence-electron chi connectivity index (χ0n) is 14.4. The van der Waals surface area contributed by atoms with E-state index in [1.54, 1.807) is 12.1 Å². The maximum absolute atomic E-state index is 12.8. The highest BCUT2D eigenvalue weighted by Crippen LogP contribution is 2.34. The van der Waals surface area contributed by atoms with Crippen molar-refractivity contribution in [1.82, 2.24) is 14.9 Å². The van der Waals surface area contributed by atoms with Crippen LogP contribution in [0.3, 0.4) is 0 Å². The molecule has 138 valence electrons. The number of nitrogens with zero attached hydrogens (tertiary/aromatic N) is 1. The van der Waals surface area contributed by atoms with Crippen molar-refractivity contribution in [2.45, 2.75) is 19.5 Å². The first-order valence-corrected chi connectivity index (χ1v) is 8.90. The molecule has 1 aromatic heterocycles. The number of hydrogen-bond donors (Lipinski definition) is 2. The highest BCUT2D eigenvalue weighted by molar-refractivity contribution is 7.71. The number of hydrogen-bond acceptors (Lipinski definition) is 5. The van der Waals surface area contributed by atoms with Gasteiger partial charge in [-0.25, -0.2) is 0 Å². The molecule has 2 heterocycles. The molecular weight excluding hydrogens is 366 g/mol. The minimum Gasteiger partial charge on any atom is -0.454 e. The molecular formula is C19H17N3O4S. The normalized spacial score (nSPS) is 12.3. The Morgan fingerprint density at radius 3 is 2.70 bits per heavy atom. The third kappa shape index (κ3) is 3.56. The van der Waals surface area contributed by atoms with Gasteiger partial charge in [-0.15, -0.1) is 0 Å². The van der Waals surface area contributed by atoms with Crippen molar-refractivity contribution in [1.29, 1.82) is 0 Å². The van der Waals surface area contributed by atoms with Crippen molar-refractivity contribution in [3.63, 3.8) is 0 Å². The second kappa shape index (κ2) is 7.24. The number of aromatic amines is 1. The third-order valence-electron chi connectivity index (χ3n) is 4.37. The minimum absolute atomic E-state index is 0.127. The van der Waals surface area contributed by atoms with Crippen molar-refractivity contribution in [3.8, 4) is 11.5 Å². The zero-order valence-corrected chi connectivity index (χ0v) is 15.2. The molecule has 7 nitrogen and oxygen atoms in total. The molecule has 0 unspecified atom stereocenters. The molecule has 2 aromatic carbocycles. The Bertz CT molecular complexity index is 1120. The molecule has 27 heavy (non-hydrogen) atoms. The van der Waals surface area contributed by atoms with Crippen molar-refractivity contribution >= 4 is 29.0 Å². The number of aromatic nitrogens is 2. The molecule has 0 atom stereocenters. The summed E-state index contributed by atoms with van der Waals surface area (Å²) in [5.74, 6) is 0.953. The van der Waals surface area contributed by atoms with Crippen LogP contribution in [0.5, 0.6) is 11.5 Å². The predicted octanol–water partition coefficient (Wildman–Crippen LogP) is 2.49. The van der Waals surface area contributed by atoms with Crippen LogP contribution in [0.15, 0.2) is 47.3 Å². The lowest BCUT2D eigenvalue weighted by molar-refractivity contribution is -0.121. The van der Waals surface area contributed by atoms with Crippen molar-refractivity contribution in [2.75, 3.05) is 6.79 Å². The summed E-state index contributed by atoms with van der Waals surface area (Å²) in [6.45, 7) is 0.768. The molecule has 0 spiro atoms. The van der Waals surface area contributed by atoms with Crippen LogP contribution in [-0.4, -0.2) is 22.3 Å². The van der Waals surface area contributed by atoms with Gasteiger partial charge in [0.25, 0.3) is 5.56 Å². The lowest BCUT2D eigenvalue weighted by Crippen LogP contribution is -2.28. The highest BCUT2D eigenvalue weighted by atomic mass is 32.1. The van der Waals surface area contributed by atoms with E-state index < -0.39 is 0 Å². The van der Waals surface area contributed by atoms with Gasteiger partial charge < -0.3 is 19.8 Å². The van der Waals surface area contributed by atoms with Gasteiger partial charge in [0.15, 0.2) is 16.3 Å². The summed E-state index contributed by atoms with van der Waals surface area (Å²) in [4.78, 5) is 27.9. The van der Waals surface area contributed by atoms with Crippen LogP contribution >= 0.6 is 12.2 Å². The molecule has 2 N–H and O–H groups in total. The van der Waals surface area contributed by atoms with Gasteiger partial charge in [0.1, 0.15) is 0 Å². The van der Waals surface area contributed by atoms with Crippen LogP contribution in [0, 0.1) is 4.77 Å². The van der Waals surface area contributed by atoms with E-state index in [-0.39, 0.29) is 36.0 Å². The molecule has 0 bridgehead atoms. The Kier molecular flexibility index (Phi) is 4.64. The number of fused-ring (bicyclic) bond motifs is 2. The van der Waals surface area contributed by atoms with E-state index in [4.69, 9.17) is 21.7 Å². The molecule has 0 fully saturated rings. The van der Waals surface area contributed by atoms with E-state index in [0.29, 0.717) is 28.9 Å². The largest absolute Gasteiger partial charge is 0.454 e. The third-order valence-corrected chi connectivity index (χ3v) is 4.69. The standard InChI is InChI=1S/C19H17N3O4S/c23-17(20-10-12-4-2-1-3-5-12)6-7-22-18(24)13-8-15-16(26-11-25-15)9-14(13)21-19(22)27/h1-5,8-9H,6-7,10-11H2,(H,20,23)(H,21,27). The number of amides is 1. The second-order valence-corrected chi connectivity index (χ2v) is 6.54. The molecule has 0 radical (unpaired) electrons. The number of benzene rings is 2. The fourth-order valence-corrected chi connectivity index (χ4v) is 3.23. The summed E-state index contributed by atoms with van der Waals surface area (Å²) in [5, 5.41) is 3.29. The second-order valence-electron chi connectivity index (χ2n) is 6.15. The zero-order chi connectivity index (χ0) is 18.8. The number of H-pyrrole nitrogens is 1. The van der Waals surface area contributed by atoms with Gasteiger partial charge in [0.05, 0.1) is 10.9 Å². The lowest BCUT2D eigenvalue weighted by atomic mass is 10.2. The number of carbonyl (C=O) groups excluding carboxylic acids is 1. The summed E-state index contributed by atoms with van der Waals surface area (Å²) in [6, 6.07) is 13.0. The number of ether oxygens (including phenoxy) is 2. The lowest BCUT2D eigenvalue weighted by Gasteiger charge is -2.09. The molecule has 0 aliphatic carbocycles. The monoisotopic (exact) mass is 383 g/mol. The molecule has 0 saturated heterocycles. The predicted molar refractivity (Wildman–Crippen MR) is 102 cm³/mol. The quantitative estimate of drug-likeness (QED) is 0.661. The van der Waals surface area contributed by atoms with Crippen molar-refractivity contribution in [3.05, 3.63) is 63.2 Å². The average molecular weight is 383 g/mol. The van der Waals surface area contributed by atoms with Crippen molar-refractivity contribution < 1.29 is 14.3 Å². The molecule has 1 aliphatic heterocycles. The maximum Gasteiger partial charge on any atom is 0.262 e. The highest BCUT2D eigenvalue weighted by Gasteiger charge is 2.17. The topological polar surface area (TPSA) is 85.4 Å². The average Bonchev–Trinajstić information content (AvgIpc) is 3.13. The summed E-state index contributed by atoms with van der Waals surface area (Å²) in [6.07, 6.45) is 0.153. The Morgan fingerprint density at radius 2 is 1.93 bits per heavy atom. The van der Waals surface area contributed by atoms with Crippen LogP contribution in [0.25, 0.3) is 10.9 Å². The maximum atomic E-state index is 12.8. The molecule has 8 heteroatoms. The number of carbonyl (C=O) groups is 1. The fraction of sp³-hybridized carbons (Fsp3) is 0.211. The Morgan fingerprint density at radius 1 is 1.19 bits per heavy atom. The molecule has 1 aliphatic rings. The molecule has 1 amide bonds. The molecule has 3 aromatic rings. The Balaban J connectivity index is 1.50. The van der Waals surface area contributed by atoms with Crippen LogP contribution in [0.4, 0.5) is 0 Å². The van der Waals surface area contributed by atoms with Gasteiger partial charge in [0.2, 0.25) is 12.7 Å². The fourth-order valence-electron chi connectivity index (χ4n) is 2.94. The first-order valence-electron chi connectivity index (χ1n) is 8.49. The van der Waals surface area contributed by atoms with E-state index in [9.17, 15) is 9.59 Å². The minimum atomic E-state index is -0.261. The summed E-state index contributed by atoms with van der Waals surface area (Å²) < 4.78 is 12.3. The molecule has 0 saturated carbocycles. The summed E-state index contributed by atoms with van der Waals surface area (Å²) in [5.41, 5.74) is 1.34. The first kappa shape index (κ1) is 17.3. The summed E-state index contributed by atoms with van der Waals surface area (Å²) >= 11 is 5.29. The van der Waals surface area contributed by atoms with Gasteiger partial charge in [-0.1, -0.05) is 30.3 Å². The summed E-state index contributed by atoms with van der Waals surface area (Å²) in [7, 11) is 0. The van der Waals surface area contributed by atoms with E-state index in [1.807, 2.05) is 30.3 Å². The van der Waals surface area contributed by atoms with Gasteiger partial charge in [-0.2, -0.15) is 0 Å². The van der Waals surface area contributed by atoms with Crippen LogP contribution in [-0.2, 0) is 17.9 Å². The molecule has 4 rings (SSSR count). The van der Waals surface area contributed by atoms with Crippen LogP contribution < -0.4 is 20.3 Å². The van der Waals surface area contributed by atoms with E-state index >= 15 is 0 Å². The van der Waals surface area contributed by atoms with Crippen LogP contribution in [0.1, 0.15) is 12.0 Å². The van der Waals surface area contributed by atoms with Gasteiger partial charge in [-0.05, 0) is 23.8 Å². The van der Waals surface area contributed by atoms with E-state index in [0.717, 1.165) is 5.56 Å². The van der Waals surface area contributed by atoms with Gasteiger partial charge >= 0.3 is 0 Å².